The van der Waals surface area contributed by atoms with Crippen molar-refractivity contribution in [2.24, 2.45) is 4.99 Å². The Bertz CT molecular complexity index is 598. The molecule has 31 heavy (non-hydrogen) atoms. The van der Waals surface area contributed by atoms with E-state index >= 15 is 0 Å². The van der Waals surface area contributed by atoms with Gasteiger partial charge in [-0.25, -0.2) is 4.79 Å². The van der Waals surface area contributed by atoms with Crippen molar-refractivity contribution in [2.75, 3.05) is 59.4 Å². The summed E-state index contributed by atoms with van der Waals surface area (Å²) in [7, 11) is 1.77. The summed E-state index contributed by atoms with van der Waals surface area (Å²) in [5, 5.41) is 6.41. The van der Waals surface area contributed by atoms with E-state index in [1.807, 2.05) is 27.7 Å². The van der Waals surface area contributed by atoms with Crippen molar-refractivity contribution in [2.45, 2.75) is 58.6 Å². The Labute approximate surface area is 204 Å². The number of nitrogens with one attached hydrogen (secondary N) is 2. The highest BCUT2D eigenvalue weighted by Gasteiger charge is 2.26. The van der Waals surface area contributed by atoms with Crippen molar-refractivity contribution >= 4 is 41.9 Å². The van der Waals surface area contributed by atoms with Gasteiger partial charge in [-0.1, -0.05) is 6.92 Å². The molecule has 0 unspecified atom stereocenters. The number of nitrogens with zero attached hydrogens (tertiary/aromatic N) is 4. The van der Waals surface area contributed by atoms with Gasteiger partial charge in [0.15, 0.2) is 5.96 Å². The molecule has 0 spiro atoms. The molecular weight excluding hydrogens is 511 g/mol. The molecule has 1 saturated heterocycles. The van der Waals surface area contributed by atoms with E-state index in [-0.39, 0.29) is 36.0 Å². The fourth-order valence-electron chi connectivity index (χ4n) is 3.35. The van der Waals surface area contributed by atoms with Crippen LogP contribution in [0.25, 0.3) is 0 Å². The van der Waals surface area contributed by atoms with Crippen LogP contribution in [0, 0.1) is 0 Å². The van der Waals surface area contributed by atoms with E-state index in [2.05, 4.69) is 25.4 Å². The van der Waals surface area contributed by atoms with Crippen molar-refractivity contribution in [3.8, 4) is 0 Å². The third-order valence-corrected chi connectivity index (χ3v) is 5.00. The highest BCUT2D eigenvalue weighted by atomic mass is 127. The van der Waals surface area contributed by atoms with Crippen LogP contribution >= 0.6 is 24.0 Å². The van der Waals surface area contributed by atoms with E-state index in [9.17, 15) is 9.59 Å². The van der Waals surface area contributed by atoms with Crippen LogP contribution in [0.5, 0.6) is 0 Å². The molecule has 2 fully saturated rings. The van der Waals surface area contributed by atoms with E-state index in [0.29, 0.717) is 32.2 Å². The van der Waals surface area contributed by atoms with Gasteiger partial charge in [-0.2, -0.15) is 0 Å². The lowest BCUT2D eigenvalue weighted by atomic mass is 10.2. The van der Waals surface area contributed by atoms with Crippen molar-refractivity contribution in [1.29, 1.82) is 0 Å². The molecule has 2 amide bonds. The van der Waals surface area contributed by atoms with Crippen LogP contribution in [0.15, 0.2) is 4.99 Å². The molecule has 1 aliphatic carbocycles. The lowest BCUT2D eigenvalue weighted by Crippen LogP contribution is -2.54. The topological polar surface area (TPSA) is 89.5 Å². The molecule has 0 aromatic heterocycles. The lowest BCUT2D eigenvalue weighted by Gasteiger charge is -2.36. The van der Waals surface area contributed by atoms with Gasteiger partial charge in [0.1, 0.15) is 5.60 Å². The van der Waals surface area contributed by atoms with E-state index < -0.39 is 5.60 Å². The van der Waals surface area contributed by atoms with Crippen LogP contribution in [-0.2, 0) is 9.53 Å². The maximum Gasteiger partial charge on any atom is 0.410 e. The predicted octanol–water partition coefficient (Wildman–Crippen LogP) is 1.72. The molecule has 1 saturated carbocycles. The van der Waals surface area contributed by atoms with E-state index in [1.54, 1.807) is 11.9 Å². The number of hydrogen-bond donors (Lipinski definition) is 2. The van der Waals surface area contributed by atoms with E-state index in [0.717, 1.165) is 51.4 Å². The molecule has 2 aliphatic rings. The number of rotatable bonds is 8. The predicted molar refractivity (Wildman–Crippen MR) is 134 cm³/mol. The second-order valence-corrected chi connectivity index (χ2v) is 9.05. The molecule has 1 heterocycles. The maximum absolute atomic E-state index is 12.4. The van der Waals surface area contributed by atoms with Crippen LogP contribution in [-0.4, -0.2) is 104 Å². The number of ether oxygens (including phenoxy) is 1. The molecule has 1 aliphatic heterocycles. The lowest BCUT2D eigenvalue weighted by molar-refractivity contribution is -0.122. The van der Waals surface area contributed by atoms with Crippen molar-refractivity contribution < 1.29 is 14.3 Å². The van der Waals surface area contributed by atoms with Gasteiger partial charge in [-0.05, 0) is 40.0 Å². The van der Waals surface area contributed by atoms with Crippen molar-refractivity contribution in [1.82, 2.24) is 25.3 Å². The minimum Gasteiger partial charge on any atom is -0.444 e. The Morgan fingerprint density at radius 1 is 1.13 bits per heavy atom. The van der Waals surface area contributed by atoms with Crippen LogP contribution in [0.4, 0.5) is 4.79 Å². The Morgan fingerprint density at radius 2 is 1.77 bits per heavy atom. The molecule has 2 N–H and O–H groups in total. The summed E-state index contributed by atoms with van der Waals surface area (Å²) < 4.78 is 5.50. The van der Waals surface area contributed by atoms with Gasteiger partial charge in [0, 0.05) is 58.9 Å². The molecule has 9 nitrogen and oxygen atoms in total. The fraction of sp³-hybridized carbons (Fsp3) is 0.857. The number of aliphatic imine (C=N–C) groups is 1. The molecule has 0 aromatic rings. The molecular formula is C21H41IN6O3. The highest BCUT2D eigenvalue weighted by molar-refractivity contribution is 14.0. The minimum atomic E-state index is -0.498. The van der Waals surface area contributed by atoms with Crippen LogP contribution < -0.4 is 10.6 Å². The first-order chi connectivity index (χ1) is 14.2. The van der Waals surface area contributed by atoms with Crippen LogP contribution in [0.1, 0.15) is 47.0 Å². The van der Waals surface area contributed by atoms with E-state index in [4.69, 9.17) is 4.74 Å². The smallest absolute Gasteiger partial charge is 0.410 e. The molecule has 0 atom stereocenters. The normalized spacial score (nSPS) is 17.6. The first kappa shape index (κ1) is 27.7. The summed E-state index contributed by atoms with van der Waals surface area (Å²) in [6, 6.07) is 0.412. The molecule has 0 aromatic carbocycles. The summed E-state index contributed by atoms with van der Waals surface area (Å²) in [4.78, 5) is 34.9. The molecule has 0 bridgehead atoms. The monoisotopic (exact) mass is 552 g/mol. The average molecular weight is 553 g/mol. The van der Waals surface area contributed by atoms with Gasteiger partial charge < -0.3 is 25.2 Å². The highest BCUT2D eigenvalue weighted by Crippen LogP contribution is 2.18. The first-order valence-electron chi connectivity index (χ1n) is 11.2. The largest absolute Gasteiger partial charge is 0.444 e. The zero-order valence-electron chi connectivity index (χ0n) is 19.8. The maximum atomic E-state index is 12.4. The zero-order chi connectivity index (χ0) is 22.1. The number of guanidine groups is 1. The third-order valence-electron chi connectivity index (χ3n) is 5.00. The molecule has 2 rings (SSSR count). The number of amides is 2. The Kier molecular flexibility index (Phi) is 11.9. The van der Waals surface area contributed by atoms with Gasteiger partial charge in [-0.15, -0.1) is 24.0 Å². The Morgan fingerprint density at radius 3 is 2.29 bits per heavy atom. The van der Waals surface area contributed by atoms with Gasteiger partial charge >= 0.3 is 6.09 Å². The summed E-state index contributed by atoms with van der Waals surface area (Å²) in [6.45, 7) is 13.3. The van der Waals surface area contributed by atoms with Crippen molar-refractivity contribution in [3.63, 3.8) is 0 Å². The number of carbonyl (C=O) groups is 2. The quantitative estimate of drug-likeness (QED) is 0.271. The van der Waals surface area contributed by atoms with Crippen LogP contribution in [0.2, 0.25) is 0 Å². The Hall–Kier alpha value is -1.30. The molecule has 180 valence electrons. The van der Waals surface area contributed by atoms with Gasteiger partial charge in [0.2, 0.25) is 5.91 Å². The van der Waals surface area contributed by atoms with Crippen molar-refractivity contribution in [3.05, 3.63) is 0 Å². The Balaban J connectivity index is 0.00000480. The minimum absolute atomic E-state index is 0. The first-order valence-corrected chi connectivity index (χ1v) is 11.2. The fourth-order valence-corrected chi connectivity index (χ4v) is 3.35. The molecule has 10 heteroatoms. The number of carbonyl (C=O) groups excluding carboxylic acids is 2. The van der Waals surface area contributed by atoms with Gasteiger partial charge in [0.25, 0.3) is 0 Å². The summed E-state index contributed by atoms with van der Waals surface area (Å²) >= 11 is 0. The average Bonchev–Trinajstić information content (AvgIpc) is 3.47. The third kappa shape index (κ3) is 10.7. The zero-order valence-corrected chi connectivity index (χ0v) is 22.1. The number of halogens is 1. The van der Waals surface area contributed by atoms with Crippen LogP contribution in [0.3, 0.4) is 0 Å². The van der Waals surface area contributed by atoms with Gasteiger partial charge in [0.05, 0.1) is 6.54 Å². The SMILES string of the molecule is CCCN(CCNC(=NC)N1CCN(CC(=O)NC2CC2)CC1)C(=O)OC(C)(C)C.I. The second-order valence-electron chi connectivity index (χ2n) is 9.05. The van der Waals surface area contributed by atoms with Gasteiger partial charge in [-0.3, -0.25) is 14.7 Å². The second kappa shape index (κ2) is 13.3. The standard InChI is InChI=1S/C21H40N6O3.HI/c1-6-10-27(20(29)30-21(2,3)4)11-9-23-19(22-5)26-14-12-25(13-15-26)16-18(28)24-17-7-8-17;/h17H,6-16H2,1-5H3,(H,22,23)(H,24,28);1H. The number of piperazine rings is 1. The summed E-state index contributed by atoms with van der Waals surface area (Å²) in [5.74, 6) is 0.962. The molecule has 0 radical (unpaired) electrons. The van der Waals surface area contributed by atoms with E-state index in [1.165, 1.54) is 0 Å². The summed E-state index contributed by atoms with van der Waals surface area (Å²) in [6.07, 6.45) is 2.83. The number of hydrogen-bond acceptors (Lipinski definition) is 5. The summed E-state index contributed by atoms with van der Waals surface area (Å²) in [5.41, 5.74) is -0.498.